The largest absolute Gasteiger partial charge is 0.385 e. The second-order valence-electron chi connectivity index (χ2n) is 8.23. The number of aromatic nitrogens is 2. The summed E-state index contributed by atoms with van der Waals surface area (Å²) in [6.07, 6.45) is 6.36. The average molecular weight is 387 g/mol. The van der Waals surface area contributed by atoms with E-state index in [1.54, 1.807) is 10.9 Å². The summed E-state index contributed by atoms with van der Waals surface area (Å²) in [7, 11) is 0. The zero-order chi connectivity index (χ0) is 19.8. The predicted molar refractivity (Wildman–Crippen MR) is 111 cm³/mol. The Kier molecular flexibility index (Phi) is 4.47. The average Bonchev–Trinajstić information content (AvgIpc) is 3.45. The van der Waals surface area contributed by atoms with Crippen molar-refractivity contribution in [3.63, 3.8) is 0 Å². The van der Waals surface area contributed by atoms with Gasteiger partial charge in [0.05, 0.1) is 16.9 Å². The molecule has 148 valence electrons. The number of benzene rings is 2. The maximum atomic E-state index is 13.5. The van der Waals surface area contributed by atoms with Crippen molar-refractivity contribution >= 4 is 5.91 Å². The minimum Gasteiger partial charge on any atom is -0.385 e. The lowest BCUT2D eigenvalue weighted by Crippen LogP contribution is -2.43. The molecule has 0 unspecified atom stereocenters. The highest BCUT2D eigenvalue weighted by Gasteiger charge is 2.50. The molecule has 1 aliphatic heterocycles. The molecule has 5 nitrogen and oxygen atoms in total. The molecule has 2 heterocycles. The van der Waals surface area contributed by atoms with Crippen LogP contribution in [0.25, 0.3) is 5.69 Å². The predicted octanol–water partition coefficient (Wildman–Crippen LogP) is 3.63. The van der Waals surface area contributed by atoms with Gasteiger partial charge in [-0.15, -0.1) is 0 Å². The van der Waals surface area contributed by atoms with Gasteiger partial charge in [0.1, 0.15) is 0 Å². The van der Waals surface area contributed by atoms with E-state index in [2.05, 4.69) is 5.10 Å². The Morgan fingerprint density at radius 1 is 1.03 bits per heavy atom. The number of likely N-dealkylation sites (tertiary alicyclic amines) is 1. The number of amides is 1. The first-order valence-electron chi connectivity index (χ1n) is 10.3. The van der Waals surface area contributed by atoms with Crippen LogP contribution in [0.4, 0.5) is 0 Å². The zero-order valence-electron chi connectivity index (χ0n) is 16.3. The fourth-order valence-electron chi connectivity index (χ4n) is 5.21. The molecule has 2 aromatic carbocycles. The summed E-state index contributed by atoms with van der Waals surface area (Å²) in [5.41, 5.74) is 1.55. The minimum absolute atomic E-state index is 0.0147. The smallest absolute Gasteiger partial charge is 0.256 e. The van der Waals surface area contributed by atoms with E-state index in [9.17, 15) is 9.90 Å². The number of nitrogens with zero attached hydrogens (tertiary/aromatic N) is 3. The van der Waals surface area contributed by atoms with Crippen LogP contribution in [0.15, 0.2) is 73.1 Å². The van der Waals surface area contributed by atoms with Crippen molar-refractivity contribution in [1.29, 1.82) is 0 Å². The number of hydrogen-bond acceptors (Lipinski definition) is 3. The molecule has 5 rings (SSSR count). The van der Waals surface area contributed by atoms with Crippen molar-refractivity contribution in [2.24, 2.45) is 11.8 Å². The van der Waals surface area contributed by atoms with Gasteiger partial charge in [-0.3, -0.25) is 4.79 Å². The number of carbonyl (C=O) groups excluding carboxylic acids is 1. The van der Waals surface area contributed by atoms with Crippen molar-refractivity contribution < 1.29 is 9.90 Å². The Bertz CT molecular complexity index is 1000. The molecule has 0 bridgehead atoms. The van der Waals surface area contributed by atoms with Crippen LogP contribution in [0.3, 0.4) is 0 Å². The Morgan fingerprint density at radius 2 is 1.83 bits per heavy atom. The number of aliphatic hydroxyl groups is 1. The van der Waals surface area contributed by atoms with Crippen LogP contribution in [0.5, 0.6) is 0 Å². The first-order chi connectivity index (χ1) is 14.2. The highest BCUT2D eigenvalue weighted by atomic mass is 16.3. The highest BCUT2D eigenvalue weighted by molar-refractivity contribution is 5.98. The third-order valence-electron chi connectivity index (χ3n) is 6.63. The van der Waals surface area contributed by atoms with Crippen LogP contribution in [0.2, 0.25) is 0 Å². The first kappa shape index (κ1) is 18.1. The lowest BCUT2D eigenvalue weighted by atomic mass is 9.67. The number of carbonyl (C=O) groups is 1. The maximum absolute atomic E-state index is 13.5. The van der Waals surface area contributed by atoms with Gasteiger partial charge < -0.3 is 10.0 Å². The Labute approximate surface area is 170 Å². The van der Waals surface area contributed by atoms with Crippen LogP contribution in [0.1, 0.15) is 35.2 Å². The van der Waals surface area contributed by atoms with Gasteiger partial charge in [0.2, 0.25) is 0 Å². The standard InChI is InChI=1S/C24H25N3O2/c28-23(20-11-4-5-12-22(20)27-15-7-14-25-27)26-16-18-8-6-13-24(29,21(18)17-26)19-9-2-1-3-10-19/h1-5,7,9-12,14-15,18,21,29H,6,8,13,16-17H2/t18-,21+,24+/m0/s1. The second kappa shape index (κ2) is 7.16. The van der Waals surface area contributed by atoms with Crippen LogP contribution in [0, 0.1) is 11.8 Å². The highest BCUT2D eigenvalue weighted by Crippen LogP contribution is 2.48. The fraction of sp³-hybridized carbons (Fsp3) is 0.333. The van der Waals surface area contributed by atoms with Gasteiger partial charge in [0.25, 0.3) is 5.91 Å². The number of fused-ring (bicyclic) bond motifs is 1. The molecule has 1 aliphatic carbocycles. The summed E-state index contributed by atoms with van der Waals surface area (Å²) >= 11 is 0. The Balaban J connectivity index is 1.44. The minimum atomic E-state index is -0.860. The molecule has 1 aromatic heterocycles. The summed E-state index contributed by atoms with van der Waals surface area (Å²) in [4.78, 5) is 15.4. The van der Waals surface area contributed by atoms with Crippen LogP contribution in [-0.2, 0) is 5.60 Å². The van der Waals surface area contributed by atoms with Crippen LogP contribution in [-0.4, -0.2) is 38.8 Å². The molecular weight excluding hydrogens is 362 g/mol. The third kappa shape index (κ3) is 3.06. The fourth-order valence-corrected chi connectivity index (χ4v) is 5.21. The lowest BCUT2D eigenvalue weighted by molar-refractivity contribution is -0.0644. The van der Waals surface area contributed by atoms with Crippen molar-refractivity contribution in [3.8, 4) is 5.69 Å². The van der Waals surface area contributed by atoms with Crippen molar-refractivity contribution in [2.45, 2.75) is 24.9 Å². The van der Waals surface area contributed by atoms with Gasteiger partial charge >= 0.3 is 0 Å². The first-order valence-corrected chi connectivity index (χ1v) is 10.3. The zero-order valence-corrected chi connectivity index (χ0v) is 16.3. The van der Waals surface area contributed by atoms with E-state index in [1.807, 2.05) is 71.8 Å². The molecule has 0 spiro atoms. The van der Waals surface area contributed by atoms with Gasteiger partial charge in [0.15, 0.2) is 0 Å². The van der Waals surface area contributed by atoms with E-state index < -0.39 is 5.60 Å². The molecule has 1 N–H and O–H groups in total. The van der Waals surface area contributed by atoms with Crippen molar-refractivity contribution in [1.82, 2.24) is 14.7 Å². The van der Waals surface area contributed by atoms with E-state index in [-0.39, 0.29) is 11.8 Å². The molecule has 2 aliphatic rings. The molecule has 2 fully saturated rings. The van der Waals surface area contributed by atoms with Crippen molar-refractivity contribution in [3.05, 3.63) is 84.2 Å². The third-order valence-corrected chi connectivity index (χ3v) is 6.63. The summed E-state index contributed by atoms with van der Waals surface area (Å²) in [6.45, 7) is 1.29. The summed E-state index contributed by atoms with van der Waals surface area (Å²) in [6, 6.07) is 19.4. The molecule has 5 heteroatoms. The SMILES string of the molecule is O=C(c1ccccc1-n1cccn1)N1C[C@@H]2CCC[C@@](O)(c3ccccc3)[C@@H]2C1. The molecule has 0 radical (unpaired) electrons. The Hall–Kier alpha value is -2.92. The van der Waals surface area contributed by atoms with E-state index >= 15 is 0 Å². The van der Waals surface area contributed by atoms with Crippen LogP contribution < -0.4 is 0 Å². The molecule has 1 saturated carbocycles. The monoisotopic (exact) mass is 387 g/mol. The second-order valence-corrected chi connectivity index (χ2v) is 8.23. The number of rotatable bonds is 3. The maximum Gasteiger partial charge on any atom is 0.256 e. The topological polar surface area (TPSA) is 58.4 Å². The van der Waals surface area contributed by atoms with Crippen molar-refractivity contribution in [2.75, 3.05) is 13.1 Å². The van der Waals surface area contributed by atoms with Gasteiger partial charge in [0, 0.05) is 31.4 Å². The van der Waals surface area contributed by atoms with Gasteiger partial charge in [-0.2, -0.15) is 5.10 Å². The summed E-state index contributed by atoms with van der Waals surface area (Å²) in [5.74, 6) is 0.412. The van der Waals surface area contributed by atoms with E-state index in [1.165, 1.54) is 0 Å². The summed E-state index contributed by atoms with van der Waals surface area (Å²) in [5, 5.41) is 15.9. The molecule has 3 atom stereocenters. The molecule has 29 heavy (non-hydrogen) atoms. The van der Waals surface area contributed by atoms with Crippen LogP contribution >= 0.6 is 0 Å². The van der Waals surface area contributed by atoms with Gasteiger partial charge in [-0.1, -0.05) is 42.5 Å². The molecule has 1 saturated heterocycles. The molecule has 3 aromatic rings. The van der Waals surface area contributed by atoms with Gasteiger partial charge in [-0.25, -0.2) is 4.68 Å². The van der Waals surface area contributed by atoms with E-state index in [0.29, 0.717) is 24.6 Å². The normalized spacial score (nSPS) is 26.3. The number of para-hydroxylation sites is 1. The Morgan fingerprint density at radius 3 is 2.62 bits per heavy atom. The van der Waals surface area contributed by atoms with E-state index in [0.717, 1.165) is 30.5 Å². The number of hydrogen-bond donors (Lipinski definition) is 1. The molecule has 1 amide bonds. The van der Waals surface area contributed by atoms with Gasteiger partial charge in [-0.05, 0) is 48.9 Å². The molecular formula is C24H25N3O2. The quantitative estimate of drug-likeness (QED) is 0.747. The van der Waals surface area contributed by atoms with E-state index in [4.69, 9.17) is 0 Å². The lowest BCUT2D eigenvalue weighted by Gasteiger charge is -2.41. The summed E-state index contributed by atoms with van der Waals surface area (Å²) < 4.78 is 1.73.